The van der Waals surface area contributed by atoms with Crippen LogP contribution >= 0.6 is 11.6 Å². The van der Waals surface area contributed by atoms with E-state index in [1.54, 1.807) is 11.8 Å². The molecule has 0 aliphatic heterocycles. The highest BCUT2D eigenvalue weighted by Gasteiger charge is 2.20. The Balaban J connectivity index is 2.47. The Morgan fingerprint density at radius 2 is 1.95 bits per heavy atom. The molecule has 5 nitrogen and oxygen atoms in total. The number of ether oxygens (including phenoxy) is 1. The second-order valence-corrected chi connectivity index (χ2v) is 5.67. The normalized spacial score (nSPS) is 11.1. The number of pyridine rings is 1. The minimum Gasteiger partial charge on any atom is -0.496 e. The van der Waals surface area contributed by atoms with Gasteiger partial charge in [-0.25, -0.2) is 4.98 Å². The monoisotopic (exact) mass is 316 g/mol. The maximum atomic E-state index is 6.23. The smallest absolute Gasteiger partial charge is 0.153 e. The lowest BCUT2D eigenvalue weighted by Gasteiger charge is -2.16. The van der Waals surface area contributed by atoms with Crippen LogP contribution in [0.15, 0.2) is 18.3 Å². The predicted octanol–water partition coefficient (Wildman–Crippen LogP) is 3.50. The minimum absolute atomic E-state index is 0.289. The average molecular weight is 317 g/mol. The molecule has 0 aliphatic carbocycles. The van der Waals surface area contributed by atoms with Crippen LogP contribution in [0.3, 0.4) is 0 Å². The van der Waals surface area contributed by atoms with E-state index in [1.807, 2.05) is 39.2 Å². The Hall–Kier alpha value is -2.27. The maximum Gasteiger partial charge on any atom is 0.153 e. The van der Waals surface area contributed by atoms with Crippen LogP contribution in [0.4, 0.5) is 5.69 Å². The second kappa shape index (κ2) is 5.18. The van der Waals surface area contributed by atoms with Gasteiger partial charge in [0.2, 0.25) is 0 Å². The minimum atomic E-state index is 0.289. The summed E-state index contributed by atoms with van der Waals surface area (Å²) in [5.41, 5.74) is 12.0. The van der Waals surface area contributed by atoms with Crippen LogP contribution in [0.2, 0.25) is 5.15 Å². The molecule has 1 aromatic carbocycles. The molecule has 2 aromatic heterocycles. The van der Waals surface area contributed by atoms with E-state index in [2.05, 4.69) is 10.1 Å². The number of hydrogen-bond donors (Lipinski definition) is 1. The molecule has 114 valence electrons. The molecule has 0 aliphatic rings. The standard InChI is InChI=1S/C16H17ClN4O/c1-8-5-6-11(22-4)9(2)12(8)13-14(18)16(17)19-10-7-21(3)20-15(10)13/h5-7H,18H2,1-4H3. The third-order valence-corrected chi connectivity index (χ3v) is 4.14. The third-order valence-electron chi connectivity index (χ3n) is 3.85. The van der Waals surface area contributed by atoms with Crippen LogP contribution in [0.5, 0.6) is 5.75 Å². The van der Waals surface area contributed by atoms with Gasteiger partial charge in [0.05, 0.1) is 19.0 Å². The molecule has 0 atom stereocenters. The Labute approximate surface area is 133 Å². The molecule has 0 radical (unpaired) electrons. The van der Waals surface area contributed by atoms with E-state index >= 15 is 0 Å². The summed E-state index contributed by atoms with van der Waals surface area (Å²) in [5.74, 6) is 0.803. The number of methoxy groups -OCH3 is 1. The molecule has 0 unspecified atom stereocenters. The first kappa shape index (κ1) is 14.7. The number of anilines is 1. The lowest BCUT2D eigenvalue weighted by atomic mass is 9.93. The average Bonchev–Trinajstić information content (AvgIpc) is 2.83. The number of nitrogens with two attached hydrogens (primary N) is 1. The SMILES string of the molecule is COc1ccc(C)c(-c2c(N)c(Cl)nc3cn(C)nc23)c1C. The number of nitrogens with zero attached hydrogens (tertiary/aromatic N) is 3. The maximum absolute atomic E-state index is 6.23. The molecule has 0 saturated heterocycles. The Morgan fingerprint density at radius 1 is 1.23 bits per heavy atom. The number of benzene rings is 1. The number of fused-ring (bicyclic) bond motifs is 1. The zero-order valence-electron chi connectivity index (χ0n) is 12.9. The van der Waals surface area contributed by atoms with Gasteiger partial charge in [-0.1, -0.05) is 17.7 Å². The molecule has 0 fully saturated rings. The van der Waals surface area contributed by atoms with Gasteiger partial charge in [0, 0.05) is 12.6 Å². The summed E-state index contributed by atoms with van der Waals surface area (Å²) in [6.07, 6.45) is 1.83. The van der Waals surface area contributed by atoms with Gasteiger partial charge in [-0.05, 0) is 36.6 Å². The number of aromatic nitrogens is 3. The molecule has 0 bridgehead atoms. The van der Waals surface area contributed by atoms with Crippen LogP contribution in [0, 0.1) is 13.8 Å². The van der Waals surface area contributed by atoms with E-state index in [0.29, 0.717) is 5.69 Å². The van der Waals surface area contributed by atoms with Gasteiger partial charge in [-0.2, -0.15) is 5.10 Å². The van der Waals surface area contributed by atoms with Gasteiger partial charge in [0.25, 0.3) is 0 Å². The molecule has 2 N–H and O–H groups in total. The number of nitrogen functional groups attached to an aromatic ring is 1. The van der Waals surface area contributed by atoms with Gasteiger partial charge in [0.1, 0.15) is 16.8 Å². The number of halogens is 1. The molecule has 22 heavy (non-hydrogen) atoms. The van der Waals surface area contributed by atoms with E-state index < -0.39 is 0 Å². The molecule has 3 aromatic rings. The quantitative estimate of drug-likeness (QED) is 0.735. The lowest BCUT2D eigenvalue weighted by molar-refractivity contribution is 0.412. The van der Waals surface area contributed by atoms with Crippen LogP contribution in [-0.2, 0) is 7.05 Å². The van der Waals surface area contributed by atoms with Gasteiger partial charge >= 0.3 is 0 Å². The Morgan fingerprint density at radius 3 is 2.64 bits per heavy atom. The fourth-order valence-electron chi connectivity index (χ4n) is 2.82. The second-order valence-electron chi connectivity index (χ2n) is 5.31. The molecule has 0 amide bonds. The third kappa shape index (κ3) is 2.09. The fourth-order valence-corrected chi connectivity index (χ4v) is 3.00. The first-order valence-electron chi connectivity index (χ1n) is 6.87. The summed E-state index contributed by atoms with van der Waals surface area (Å²) in [6.45, 7) is 4.04. The molecular formula is C16H17ClN4O. The number of aryl methyl sites for hydroxylation is 2. The van der Waals surface area contributed by atoms with Crippen molar-refractivity contribution in [2.24, 2.45) is 7.05 Å². The van der Waals surface area contributed by atoms with Crippen molar-refractivity contribution in [1.29, 1.82) is 0 Å². The Kier molecular flexibility index (Phi) is 3.45. The van der Waals surface area contributed by atoms with E-state index in [0.717, 1.165) is 39.0 Å². The van der Waals surface area contributed by atoms with Crippen molar-refractivity contribution < 1.29 is 4.74 Å². The van der Waals surface area contributed by atoms with Gasteiger partial charge in [0.15, 0.2) is 5.15 Å². The summed E-state index contributed by atoms with van der Waals surface area (Å²) in [7, 11) is 3.50. The molecule has 3 rings (SSSR count). The Bertz CT molecular complexity index is 886. The molecule has 0 saturated carbocycles. The topological polar surface area (TPSA) is 66.0 Å². The zero-order valence-corrected chi connectivity index (χ0v) is 13.7. The fraction of sp³-hybridized carbons (Fsp3) is 0.250. The van der Waals surface area contributed by atoms with Gasteiger partial charge in [-0.3, -0.25) is 4.68 Å². The van der Waals surface area contributed by atoms with Gasteiger partial charge < -0.3 is 10.5 Å². The zero-order chi connectivity index (χ0) is 16.0. The van der Waals surface area contributed by atoms with Crippen molar-refractivity contribution in [2.75, 3.05) is 12.8 Å². The van der Waals surface area contributed by atoms with E-state index in [1.165, 1.54) is 0 Å². The molecule has 2 heterocycles. The number of hydrogen-bond acceptors (Lipinski definition) is 4. The molecular weight excluding hydrogens is 300 g/mol. The van der Waals surface area contributed by atoms with Crippen LogP contribution in [0.1, 0.15) is 11.1 Å². The largest absolute Gasteiger partial charge is 0.496 e. The van der Waals surface area contributed by atoms with Crippen LogP contribution in [0.25, 0.3) is 22.2 Å². The van der Waals surface area contributed by atoms with Crippen molar-refractivity contribution in [3.63, 3.8) is 0 Å². The van der Waals surface area contributed by atoms with Crippen molar-refractivity contribution in [3.8, 4) is 16.9 Å². The van der Waals surface area contributed by atoms with Crippen LogP contribution in [-0.4, -0.2) is 21.9 Å². The van der Waals surface area contributed by atoms with Crippen molar-refractivity contribution in [2.45, 2.75) is 13.8 Å². The summed E-state index contributed by atoms with van der Waals surface area (Å²) >= 11 is 6.23. The molecule has 0 spiro atoms. The summed E-state index contributed by atoms with van der Waals surface area (Å²) in [6, 6.07) is 3.95. The van der Waals surface area contributed by atoms with E-state index in [-0.39, 0.29) is 5.15 Å². The first-order valence-corrected chi connectivity index (χ1v) is 7.24. The summed E-state index contributed by atoms with van der Waals surface area (Å²) in [5, 5.41) is 4.79. The summed E-state index contributed by atoms with van der Waals surface area (Å²) < 4.78 is 7.14. The van der Waals surface area contributed by atoms with Crippen molar-refractivity contribution >= 4 is 28.3 Å². The first-order chi connectivity index (χ1) is 10.4. The highest BCUT2D eigenvalue weighted by molar-refractivity contribution is 6.33. The van der Waals surface area contributed by atoms with Gasteiger partial charge in [-0.15, -0.1) is 0 Å². The van der Waals surface area contributed by atoms with E-state index in [9.17, 15) is 0 Å². The van der Waals surface area contributed by atoms with Crippen molar-refractivity contribution in [1.82, 2.24) is 14.8 Å². The van der Waals surface area contributed by atoms with Crippen LogP contribution < -0.4 is 10.5 Å². The summed E-state index contributed by atoms with van der Waals surface area (Å²) in [4.78, 5) is 4.31. The highest BCUT2D eigenvalue weighted by atomic mass is 35.5. The number of rotatable bonds is 2. The van der Waals surface area contributed by atoms with E-state index in [4.69, 9.17) is 22.1 Å². The predicted molar refractivity (Wildman–Crippen MR) is 89.4 cm³/mol. The lowest BCUT2D eigenvalue weighted by Crippen LogP contribution is -2.00. The molecule has 6 heteroatoms. The highest BCUT2D eigenvalue weighted by Crippen LogP contribution is 2.41. The van der Waals surface area contributed by atoms with Crippen molar-refractivity contribution in [3.05, 3.63) is 34.6 Å².